The van der Waals surface area contributed by atoms with E-state index < -0.39 is 16.8 Å². The van der Waals surface area contributed by atoms with Crippen LogP contribution in [-0.2, 0) is 15.0 Å². The lowest BCUT2D eigenvalue weighted by Crippen LogP contribution is -2.61. The molecule has 10 heteroatoms. The molecule has 9 rings (SSSR count). The van der Waals surface area contributed by atoms with Crippen molar-refractivity contribution in [2.24, 2.45) is 16.2 Å². The van der Waals surface area contributed by atoms with Gasteiger partial charge in [0.15, 0.2) is 5.65 Å². The molecule has 3 aliphatic heterocycles. The van der Waals surface area contributed by atoms with Crippen LogP contribution < -0.4 is 4.90 Å². The summed E-state index contributed by atoms with van der Waals surface area (Å²) in [5.41, 5.74) is 2.90. The number of nitrogens with zero attached hydrogens (tertiary/aromatic N) is 6. The summed E-state index contributed by atoms with van der Waals surface area (Å²) in [4.78, 5) is 50.2. The number of hydrogen-bond donors (Lipinski definition) is 1. The highest BCUT2D eigenvalue weighted by Gasteiger charge is 2.66. The Labute approximate surface area is 263 Å². The molecule has 45 heavy (non-hydrogen) atoms. The number of amides is 2. The molecule has 6 fully saturated rings. The second-order valence-corrected chi connectivity index (χ2v) is 15.2. The molecule has 2 aromatic heterocycles. The van der Waals surface area contributed by atoms with Crippen molar-refractivity contribution in [3.63, 3.8) is 0 Å². The number of aryl methyl sites for hydroxylation is 1. The molecule has 2 atom stereocenters. The van der Waals surface area contributed by atoms with Gasteiger partial charge in [-0.2, -0.15) is 0 Å². The Morgan fingerprint density at radius 3 is 2.33 bits per heavy atom. The monoisotopic (exact) mass is 610 g/mol. The third kappa shape index (κ3) is 4.38. The first-order valence-electron chi connectivity index (χ1n) is 16.5. The molecule has 1 aromatic carbocycles. The number of likely N-dealkylation sites (tertiary alicyclic amines) is 2. The minimum atomic E-state index is -0.748. The van der Waals surface area contributed by atoms with Gasteiger partial charge in [-0.05, 0) is 69.1 Å². The van der Waals surface area contributed by atoms with Crippen molar-refractivity contribution >= 4 is 29.1 Å². The van der Waals surface area contributed by atoms with Gasteiger partial charge in [0.05, 0.1) is 22.7 Å². The van der Waals surface area contributed by atoms with E-state index in [0.29, 0.717) is 51.1 Å². The summed E-state index contributed by atoms with van der Waals surface area (Å²) in [7, 11) is 0. The van der Waals surface area contributed by atoms with Crippen molar-refractivity contribution < 1.29 is 19.5 Å². The maximum atomic E-state index is 13.7. The Morgan fingerprint density at radius 2 is 1.58 bits per heavy atom. The highest BCUT2D eigenvalue weighted by atomic mass is 16.4. The summed E-state index contributed by atoms with van der Waals surface area (Å²) in [5, 5.41) is 14.4. The fourth-order valence-corrected chi connectivity index (χ4v) is 9.56. The number of carboxylic acid groups (broad SMARTS) is 1. The molecule has 236 valence electrons. The van der Waals surface area contributed by atoms with Gasteiger partial charge >= 0.3 is 5.97 Å². The molecule has 1 spiro atoms. The first-order valence-corrected chi connectivity index (χ1v) is 16.5. The number of aromatic nitrogens is 3. The fraction of sp³-hybridized carbons (Fsp3) is 0.571. The summed E-state index contributed by atoms with van der Waals surface area (Å²) < 4.78 is 1.76. The molecular weight excluding hydrogens is 568 g/mol. The fourth-order valence-electron chi connectivity index (χ4n) is 9.56. The minimum Gasteiger partial charge on any atom is -0.481 e. The molecule has 2 amide bonds. The Hall–Kier alpha value is -3.95. The largest absolute Gasteiger partial charge is 0.481 e. The Bertz CT molecular complexity index is 1710. The van der Waals surface area contributed by atoms with Crippen LogP contribution in [0.15, 0.2) is 42.6 Å². The van der Waals surface area contributed by atoms with Crippen molar-refractivity contribution in [1.82, 2.24) is 24.4 Å². The summed E-state index contributed by atoms with van der Waals surface area (Å²) in [6.07, 6.45) is 8.01. The summed E-state index contributed by atoms with van der Waals surface area (Å²) in [6, 6.07) is 12.9. The van der Waals surface area contributed by atoms with E-state index in [1.165, 1.54) is 5.56 Å². The zero-order chi connectivity index (χ0) is 31.2. The average Bonchev–Trinajstić information content (AvgIpc) is 3.83. The van der Waals surface area contributed by atoms with Crippen molar-refractivity contribution in [2.75, 3.05) is 44.2 Å². The summed E-state index contributed by atoms with van der Waals surface area (Å²) in [6.45, 7) is 8.75. The van der Waals surface area contributed by atoms with Crippen LogP contribution >= 0.6 is 0 Å². The van der Waals surface area contributed by atoms with Gasteiger partial charge in [0.2, 0.25) is 11.7 Å². The van der Waals surface area contributed by atoms with Crippen LogP contribution in [0, 0.1) is 23.2 Å². The van der Waals surface area contributed by atoms with E-state index in [0.717, 1.165) is 56.4 Å². The zero-order valence-electron chi connectivity index (χ0n) is 26.3. The van der Waals surface area contributed by atoms with Gasteiger partial charge in [0.1, 0.15) is 0 Å². The molecule has 5 heterocycles. The molecular formula is C35H42N6O4. The van der Waals surface area contributed by atoms with E-state index in [2.05, 4.69) is 58.3 Å². The third-order valence-electron chi connectivity index (χ3n) is 12.1. The highest BCUT2D eigenvalue weighted by Crippen LogP contribution is 2.64. The van der Waals surface area contributed by atoms with Gasteiger partial charge < -0.3 is 19.8 Å². The first kappa shape index (κ1) is 28.5. The van der Waals surface area contributed by atoms with Gasteiger partial charge in [-0.3, -0.25) is 14.4 Å². The maximum Gasteiger partial charge on any atom is 0.309 e. The Kier molecular flexibility index (Phi) is 6.19. The molecule has 3 aliphatic carbocycles. The topological polar surface area (TPSA) is 111 Å². The van der Waals surface area contributed by atoms with Crippen LogP contribution in [0.25, 0.3) is 5.65 Å². The van der Waals surface area contributed by atoms with E-state index in [1.807, 2.05) is 22.9 Å². The van der Waals surface area contributed by atoms with E-state index in [1.54, 1.807) is 4.52 Å². The highest BCUT2D eigenvalue weighted by molar-refractivity contribution is 5.92. The van der Waals surface area contributed by atoms with E-state index >= 15 is 0 Å². The van der Waals surface area contributed by atoms with Crippen molar-refractivity contribution in [2.45, 2.75) is 70.6 Å². The lowest BCUT2D eigenvalue weighted by Gasteiger charge is -2.58. The number of pyridine rings is 1. The van der Waals surface area contributed by atoms with Crippen LogP contribution in [0.1, 0.15) is 80.0 Å². The number of benzene rings is 1. The predicted octanol–water partition coefficient (Wildman–Crippen LogP) is 4.31. The number of rotatable bonds is 5. The minimum absolute atomic E-state index is 0.0801. The number of anilines is 1. The van der Waals surface area contributed by atoms with E-state index in [9.17, 15) is 19.5 Å². The average molecular weight is 611 g/mol. The standard InChI is InChI=1S/C35H42N6O4/c1-24-17-26(38-14-11-32(2,21-38)25-7-4-3-5-8-25)18-41-28(24)36-27(37-41)29(42)39-15-12-33(22-39)13-16-40(23-33)30(43)34-9-6-10-35(19-34,20-34)31(44)45/h3-5,7-8,17-18H,6,9-16,19-23H2,1-2H3,(H,44,45)/t32-,33+,34?,35?/m0/s1. The molecule has 6 aliphatic rings. The zero-order valence-corrected chi connectivity index (χ0v) is 26.3. The lowest BCUT2D eigenvalue weighted by molar-refractivity contribution is -0.186. The number of carbonyl (C=O) groups is 3. The second kappa shape index (κ2) is 9.77. The third-order valence-corrected chi connectivity index (χ3v) is 12.1. The number of hydrogen-bond acceptors (Lipinski definition) is 6. The summed E-state index contributed by atoms with van der Waals surface area (Å²) >= 11 is 0. The SMILES string of the molecule is Cc1cc(N2CC[C@](C)(c3ccccc3)C2)cn2nc(C(=O)N3CC[C@@]4(CCN(C(=O)C56CCCC(C(=O)O)(C5)C6)C4)C3)nc12. The van der Waals surface area contributed by atoms with Gasteiger partial charge in [-0.1, -0.05) is 43.7 Å². The van der Waals surface area contributed by atoms with Gasteiger partial charge in [0.25, 0.3) is 5.91 Å². The molecule has 3 saturated carbocycles. The maximum absolute atomic E-state index is 13.7. The van der Waals surface area contributed by atoms with Crippen molar-refractivity contribution in [1.29, 1.82) is 0 Å². The number of fused-ring (bicyclic) bond motifs is 3. The molecule has 10 nitrogen and oxygen atoms in total. The first-order chi connectivity index (χ1) is 21.5. The van der Waals surface area contributed by atoms with Gasteiger partial charge in [0, 0.05) is 50.1 Å². The molecule has 2 bridgehead atoms. The lowest BCUT2D eigenvalue weighted by atomic mass is 9.45. The van der Waals surface area contributed by atoms with Crippen LogP contribution in [0.4, 0.5) is 5.69 Å². The molecule has 0 unspecified atom stereocenters. The predicted molar refractivity (Wildman–Crippen MR) is 168 cm³/mol. The molecule has 1 N–H and O–H groups in total. The number of carbonyl (C=O) groups excluding carboxylic acids is 2. The van der Waals surface area contributed by atoms with E-state index in [-0.39, 0.29) is 28.5 Å². The van der Waals surface area contributed by atoms with Gasteiger partial charge in [-0.25, -0.2) is 9.50 Å². The summed E-state index contributed by atoms with van der Waals surface area (Å²) in [5.74, 6) is -0.553. The Morgan fingerprint density at radius 1 is 0.867 bits per heavy atom. The van der Waals surface area contributed by atoms with Crippen LogP contribution in [0.5, 0.6) is 0 Å². The van der Waals surface area contributed by atoms with Gasteiger partial charge in [-0.15, -0.1) is 5.10 Å². The smallest absolute Gasteiger partial charge is 0.309 e. The van der Waals surface area contributed by atoms with Crippen LogP contribution in [-0.4, -0.2) is 86.6 Å². The second-order valence-electron chi connectivity index (χ2n) is 15.2. The number of carboxylic acids is 1. The molecule has 0 radical (unpaired) electrons. The normalized spacial score (nSPS) is 32.4. The molecule has 3 aromatic rings. The van der Waals surface area contributed by atoms with E-state index in [4.69, 9.17) is 0 Å². The molecule has 3 saturated heterocycles. The Balaban J connectivity index is 0.945. The van der Waals surface area contributed by atoms with Crippen LogP contribution in [0.3, 0.4) is 0 Å². The number of aliphatic carboxylic acids is 1. The van der Waals surface area contributed by atoms with Crippen LogP contribution in [0.2, 0.25) is 0 Å². The quantitative estimate of drug-likeness (QED) is 0.459. The van der Waals surface area contributed by atoms with Crippen molar-refractivity contribution in [3.8, 4) is 0 Å². The van der Waals surface area contributed by atoms with Crippen molar-refractivity contribution in [3.05, 3.63) is 59.5 Å².